The molecule has 7 heteroatoms. The van der Waals surface area contributed by atoms with Gasteiger partial charge in [0.2, 0.25) is 5.91 Å². The maximum absolute atomic E-state index is 13.7. The summed E-state index contributed by atoms with van der Waals surface area (Å²) in [5.74, 6) is -1.41. The SMILES string of the molecule is NCCCN(C(=O)CCC(F)(F)F)c1ccccc1F. The highest BCUT2D eigenvalue weighted by atomic mass is 19.4. The monoisotopic (exact) mass is 292 g/mol. The van der Waals surface area contributed by atoms with Crippen LogP contribution >= 0.6 is 0 Å². The normalized spacial score (nSPS) is 11.4. The maximum Gasteiger partial charge on any atom is 0.389 e. The summed E-state index contributed by atoms with van der Waals surface area (Å²) in [5.41, 5.74) is 5.30. The van der Waals surface area contributed by atoms with E-state index in [9.17, 15) is 22.4 Å². The van der Waals surface area contributed by atoms with E-state index in [0.29, 0.717) is 6.42 Å². The Morgan fingerprint density at radius 1 is 1.25 bits per heavy atom. The summed E-state index contributed by atoms with van der Waals surface area (Å²) in [4.78, 5) is 12.9. The molecule has 3 nitrogen and oxygen atoms in total. The van der Waals surface area contributed by atoms with Crippen LogP contribution < -0.4 is 10.6 Å². The van der Waals surface area contributed by atoms with Gasteiger partial charge in [-0.25, -0.2) is 4.39 Å². The number of benzene rings is 1. The Hall–Kier alpha value is -1.63. The third-order valence-corrected chi connectivity index (χ3v) is 2.65. The van der Waals surface area contributed by atoms with E-state index < -0.39 is 30.7 Å². The first-order chi connectivity index (χ1) is 9.35. The van der Waals surface area contributed by atoms with Crippen molar-refractivity contribution in [1.82, 2.24) is 0 Å². The molecule has 0 aliphatic rings. The van der Waals surface area contributed by atoms with E-state index in [-0.39, 0.29) is 18.8 Å². The van der Waals surface area contributed by atoms with E-state index in [4.69, 9.17) is 5.73 Å². The van der Waals surface area contributed by atoms with E-state index in [1.54, 1.807) is 0 Å². The smallest absolute Gasteiger partial charge is 0.330 e. The summed E-state index contributed by atoms with van der Waals surface area (Å²) in [6, 6.07) is 5.48. The van der Waals surface area contributed by atoms with Crippen LogP contribution in [0.4, 0.5) is 23.2 Å². The van der Waals surface area contributed by atoms with Gasteiger partial charge in [0.15, 0.2) is 0 Å². The molecule has 0 unspecified atom stereocenters. The minimum atomic E-state index is -4.41. The van der Waals surface area contributed by atoms with Gasteiger partial charge in [0.1, 0.15) is 5.82 Å². The zero-order valence-corrected chi connectivity index (χ0v) is 10.8. The quantitative estimate of drug-likeness (QED) is 0.819. The Labute approximate surface area is 114 Å². The van der Waals surface area contributed by atoms with Crippen LogP contribution in [0.1, 0.15) is 19.3 Å². The Kier molecular flexibility index (Phi) is 5.94. The van der Waals surface area contributed by atoms with Crippen molar-refractivity contribution < 1.29 is 22.4 Å². The Morgan fingerprint density at radius 2 is 1.90 bits per heavy atom. The first-order valence-electron chi connectivity index (χ1n) is 6.17. The number of hydrogen-bond donors (Lipinski definition) is 1. The minimum Gasteiger partial charge on any atom is -0.330 e. The van der Waals surface area contributed by atoms with Crippen LogP contribution in [0, 0.1) is 5.82 Å². The van der Waals surface area contributed by atoms with E-state index in [1.165, 1.54) is 18.2 Å². The second-order valence-electron chi connectivity index (χ2n) is 4.25. The molecule has 0 aliphatic heterocycles. The lowest BCUT2D eigenvalue weighted by atomic mass is 10.2. The number of nitrogens with zero attached hydrogens (tertiary/aromatic N) is 1. The largest absolute Gasteiger partial charge is 0.389 e. The van der Waals surface area contributed by atoms with Crippen LogP contribution in [0.5, 0.6) is 0 Å². The predicted molar refractivity (Wildman–Crippen MR) is 67.7 cm³/mol. The summed E-state index contributed by atoms with van der Waals surface area (Å²) in [5, 5.41) is 0. The number of rotatable bonds is 6. The van der Waals surface area contributed by atoms with Crippen molar-refractivity contribution in [3.05, 3.63) is 30.1 Å². The Balaban J connectivity index is 2.84. The first kappa shape index (κ1) is 16.4. The van der Waals surface area contributed by atoms with Gasteiger partial charge < -0.3 is 10.6 Å². The van der Waals surface area contributed by atoms with Gasteiger partial charge in [0.25, 0.3) is 0 Å². The van der Waals surface area contributed by atoms with Gasteiger partial charge in [-0.2, -0.15) is 13.2 Å². The van der Waals surface area contributed by atoms with Gasteiger partial charge >= 0.3 is 6.18 Å². The minimum absolute atomic E-state index is 0.0203. The molecule has 0 fully saturated rings. The molecule has 0 heterocycles. The van der Waals surface area contributed by atoms with Crippen molar-refractivity contribution in [2.45, 2.75) is 25.4 Å². The summed E-state index contributed by atoms with van der Waals surface area (Å²) < 4.78 is 50.1. The van der Waals surface area contributed by atoms with E-state index in [2.05, 4.69) is 0 Å². The van der Waals surface area contributed by atoms with Crippen molar-refractivity contribution >= 4 is 11.6 Å². The van der Waals surface area contributed by atoms with Gasteiger partial charge in [-0.15, -0.1) is 0 Å². The molecular formula is C13H16F4N2O. The summed E-state index contributed by atoms with van der Waals surface area (Å²) in [6.07, 6.45) is -5.96. The zero-order valence-electron chi connectivity index (χ0n) is 10.8. The van der Waals surface area contributed by atoms with E-state index >= 15 is 0 Å². The molecule has 0 bridgehead atoms. The van der Waals surface area contributed by atoms with Crippen LogP contribution in [0.15, 0.2) is 24.3 Å². The molecular weight excluding hydrogens is 276 g/mol. The summed E-state index contributed by atoms with van der Waals surface area (Å²) in [6.45, 7) is 0.353. The fourth-order valence-electron chi connectivity index (χ4n) is 1.68. The van der Waals surface area contributed by atoms with Crippen molar-refractivity contribution in [3.8, 4) is 0 Å². The average molecular weight is 292 g/mol. The topological polar surface area (TPSA) is 46.3 Å². The van der Waals surface area contributed by atoms with Gasteiger partial charge in [-0.3, -0.25) is 4.79 Å². The van der Waals surface area contributed by atoms with Crippen molar-refractivity contribution in [1.29, 1.82) is 0 Å². The third-order valence-electron chi connectivity index (χ3n) is 2.65. The van der Waals surface area contributed by atoms with Gasteiger partial charge in [0, 0.05) is 13.0 Å². The number of amides is 1. The molecule has 1 amide bonds. The number of hydrogen-bond acceptors (Lipinski definition) is 2. The molecule has 2 N–H and O–H groups in total. The molecule has 0 radical (unpaired) electrons. The molecule has 0 saturated carbocycles. The maximum atomic E-state index is 13.7. The number of para-hydroxylation sites is 1. The molecule has 0 atom stereocenters. The first-order valence-corrected chi connectivity index (χ1v) is 6.17. The Bertz CT molecular complexity index is 448. The average Bonchev–Trinajstić information content (AvgIpc) is 2.38. The second kappa shape index (κ2) is 7.23. The van der Waals surface area contributed by atoms with Gasteiger partial charge in [-0.1, -0.05) is 12.1 Å². The molecule has 20 heavy (non-hydrogen) atoms. The second-order valence-corrected chi connectivity index (χ2v) is 4.25. The molecule has 0 saturated heterocycles. The third kappa shape index (κ3) is 5.16. The lowest BCUT2D eigenvalue weighted by molar-refractivity contribution is -0.143. The van der Waals surface area contributed by atoms with Crippen LogP contribution in [0.3, 0.4) is 0 Å². The lowest BCUT2D eigenvalue weighted by Gasteiger charge is -2.23. The van der Waals surface area contributed by atoms with Crippen molar-refractivity contribution in [2.24, 2.45) is 5.73 Å². The van der Waals surface area contributed by atoms with E-state index in [0.717, 1.165) is 11.0 Å². The standard InChI is InChI=1S/C13H16F4N2O/c14-10-4-1-2-5-11(10)19(9-3-8-18)12(20)6-7-13(15,16)17/h1-2,4-5H,3,6-9,18H2. The fourth-order valence-corrected chi connectivity index (χ4v) is 1.68. The predicted octanol–water partition coefficient (Wildman–Crippen LogP) is 2.85. The van der Waals surface area contributed by atoms with Crippen LogP contribution in [0.25, 0.3) is 0 Å². The lowest BCUT2D eigenvalue weighted by Crippen LogP contribution is -2.34. The number of nitrogens with two attached hydrogens (primary N) is 1. The number of anilines is 1. The van der Waals surface area contributed by atoms with Crippen molar-refractivity contribution in [3.63, 3.8) is 0 Å². The van der Waals surface area contributed by atoms with E-state index in [1.807, 2.05) is 0 Å². The molecule has 0 aromatic heterocycles. The zero-order chi connectivity index (χ0) is 15.2. The molecule has 0 spiro atoms. The van der Waals surface area contributed by atoms with Crippen LogP contribution in [-0.2, 0) is 4.79 Å². The highest BCUT2D eigenvalue weighted by Crippen LogP contribution is 2.24. The molecule has 112 valence electrons. The highest BCUT2D eigenvalue weighted by molar-refractivity contribution is 5.93. The number of alkyl halides is 3. The summed E-state index contributed by atoms with van der Waals surface area (Å²) >= 11 is 0. The van der Waals surface area contributed by atoms with Crippen LogP contribution in [-0.4, -0.2) is 25.2 Å². The van der Waals surface area contributed by atoms with Crippen LogP contribution in [0.2, 0.25) is 0 Å². The highest BCUT2D eigenvalue weighted by Gasteiger charge is 2.29. The van der Waals surface area contributed by atoms with Gasteiger partial charge in [0.05, 0.1) is 12.1 Å². The summed E-state index contributed by atoms with van der Waals surface area (Å²) in [7, 11) is 0. The Morgan fingerprint density at radius 3 is 2.45 bits per heavy atom. The number of carbonyl (C=O) groups excluding carboxylic acids is 1. The number of carbonyl (C=O) groups is 1. The van der Waals surface area contributed by atoms with Crippen molar-refractivity contribution in [2.75, 3.05) is 18.0 Å². The molecule has 1 aromatic carbocycles. The molecule has 1 aromatic rings. The fraction of sp³-hybridized carbons (Fsp3) is 0.462. The molecule has 0 aliphatic carbocycles. The number of halogens is 4. The van der Waals surface area contributed by atoms with Gasteiger partial charge in [-0.05, 0) is 25.1 Å². The molecule has 1 rings (SSSR count).